The number of carbonyl (C=O) groups is 1. The Morgan fingerprint density at radius 1 is 1.33 bits per heavy atom. The van der Waals surface area contributed by atoms with Gasteiger partial charge in [0.05, 0.1) is 11.3 Å². The molecule has 2 bridgehead atoms. The van der Waals surface area contributed by atoms with Crippen LogP contribution in [0.2, 0.25) is 0 Å². The molecule has 3 atom stereocenters. The number of fused-ring (bicyclic) bond motifs is 2. The minimum Gasteiger partial charge on any atom is -0.478 e. The number of anilines is 1. The molecule has 5 nitrogen and oxygen atoms in total. The molecule has 0 spiro atoms. The number of carboxylic acid groups (broad SMARTS) is 1. The lowest BCUT2D eigenvalue weighted by Crippen LogP contribution is -2.31. The molecule has 21 heavy (non-hydrogen) atoms. The van der Waals surface area contributed by atoms with E-state index in [4.69, 9.17) is 0 Å². The second-order valence-electron chi connectivity index (χ2n) is 6.72. The van der Waals surface area contributed by atoms with E-state index in [2.05, 4.69) is 15.3 Å². The Morgan fingerprint density at radius 2 is 2.10 bits per heavy atom. The first-order chi connectivity index (χ1) is 10.0. The first-order valence-electron chi connectivity index (χ1n) is 7.91. The van der Waals surface area contributed by atoms with Crippen LogP contribution in [0, 0.1) is 11.8 Å². The van der Waals surface area contributed by atoms with E-state index in [1.165, 1.54) is 38.3 Å². The second kappa shape index (κ2) is 5.62. The average Bonchev–Trinajstić information content (AvgIpc) is 2.84. The topological polar surface area (TPSA) is 75.1 Å². The molecule has 0 amide bonds. The van der Waals surface area contributed by atoms with Gasteiger partial charge in [0.25, 0.3) is 0 Å². The summed E-state index contributed by atoms with van der Waals surface area (Å²) in [5.41, 5.74) is 0.820. The van der Waals surface area contributed by atoms with Crippen LogP contribution < -0.4 is 5.32 Å². The fourth-order valence-electron chi connectivity index (χ4n) is 3.82. The van der Waals surface area contributed by atoms with Crippen molar-refractivity contribution in [3.63, 3.8) is 0 Å². The molecular weight excluding hydrogens is 266 g/mol. The molecule has 1 aromatic rings. The molecule has 3 rings (SSSR count). The molecule has 2 saturated carbocycles. The Kier molecular flexibility index (Phi) is 3.83. The van der Waals surface area contributed by atoms with E-state index in [0.29, 0.717) is 17.7 Å². The molecule has 2 aliphatic rings. The van der Waals surface area contributed by atoms with Gasteiger partial charge in [0.2, 0.25) is 5.95 Å². The third kappa shape index (κ3) is 2.87. The lowest BCUT2D eigenvalue weighted by Gasteiger charge is -2.29. The van der Waals surface area contributed by atoms with Gasteiger partial charge in [0, 0.05) is 12.2 Å². The number of hydrogen-bond donors (Lipinski definition) is 2. The van der Waals surface area contributed by atoms with Gasteiger partial charge in [0.1, 0.15) is 0 Å². The highest BCUT2D eigenvalue weighted by atomic mass is 16.4. The smallest absolute Gasteiger partial charge is 0.339 e. The van der Waals surface area contributed by atoms with Crippen molar-refractivity contribution in [2.75, 3.05) is 5.32 Å². The van der Waals surface area contributed by atoms with Crippen molar-refractivity contribution in [1.29, 1.82) is 0 Å². The normalized spacial score (nSPS) is 27.9. The molecule has 114 valence electrons. The SMILES string of the molecule is CC(C)c1nc(N[C@@H]2CC[C@H]3CC[C@@H]2C3)ncc1C(=O)O. The van der Waals surface area contributed by atoms with Gasteiger partial charge in [-0.2, -0.15) is 0 Å². The molecule has 1 heterocycles. The van der Waals surface area contributed by atoms with Crippen LogP contribution in [-0.2, 0) is 0 Å². The first-order valence-corrected chi connectivity index (χ1v) is 7.91. The van der Waals surface area contributed by atoms with Crippen LogP contribution in [0.25, 0.3) is 0 Å². The first kappa shape index (κ1) is 14.3. The summed E-state index contributed by atoms with van der Waals surface area (Å²) in [7, 11) is 0. The summed E-state index contributed by atoms with van der Waals surface area (Å²) in [6, 6.07) is 0.444. The van der Waals surface area contributed by atoms with Gasteiger partial charge in [-0.25, -0.2) is 14.8 Å². The number of hydrogen-bond acceptors (Lipinski definition) is 4. The Labute approximate surface area is 125 Å². The van der Waals surface area contributed by atoms with Crippen LogP contribution >= 0.6 is 0 Å². The molecule has 5 heteroatoms. The summed E-state index contributed by atoms with van der Waals surface area (Å²) in [6.45, 7) is 3.92. The van der Waals surface area contributed by atoms with Gasteiger partial charge in [-0.3, -0.25) is 0 Å². The monoisotopic (exact) mass is 289 g/mol. The van der Waals surface area contributed by atoms with Crippen LogP contribution in [-0.4, -0.2) is 27.1 Å². The summed E-state index contributed by atoms with van der Waals surface area (Å²) in [5.74, 6) is 1.35. The summed E-state index contributed by atoms with van der Waals surface area (Å²) in [4.78, 5) is 19.9. The largest absolute Gasteiger partial charge is 0.478 e. The molecule has 2 fully saturated rings. The molecule has 0 aliphatic heterocycles. The lowest BCUT2D eigenvalue weighted by atomic mass is 9.85. The molecule has 0 aromatic carbocycles. The Hall–Kier alpha value is -1.65. The van der Waals surface area contributed by atoms with Crippen molar-refractivity contribution >= 4 is 11.9 Å². The van der Waals surface area contributed by atoms with Crippen LogP contribution in [0.5, 0.6) is 0 Å². The van der Waals surface area contributed by atoms with E-state index >= 15 is 0 Å². The fraction of sp³-hybridized carbons (Fsp3) is 0.688. The Bertz CT molecular complexity index is 544. The van der Waals surface area contributed by atoms with Gasteiger partial charge in [-0.15, -0.1) is 0 Å². The standard InChI is InChI=1S/C16H23N3O2/c1-9(2)14-12(15(20)21)8-17-16(19-14)18-13-6-4-10-3-5-11(13)7-10/h8-11,13H,3-7H2,1-2H3,(H,20,21)(H,17,18,19)/t10-,11-,13-/m1/s1. The molecule has 2 N–H and O–H groups in total. The maximum atomic E-state index is 11.2. The highest BCUT2D eigenvalue weighted by Crippen LogP contribution is 2.42. The van der Waals surface area contributed by atoms with Crippen LogP contribution in [0.1, 0.15) is 67.9 Å². The average molecular weight is 289 g/mol. The van der Waals surface area contributed by atoms with Crippen molar-refractivity contribution in [3.05, 3.63) is 17.5 Å². The van der Waals surface area contributed by atoms with E-state index in [-0.39, 0.29) is 11.5 Å². The highest BCUT2D eigenvalue weighted by molar-refractivity contribution is 5.88. The summed E-state index contributed by atoms with van der Waals surface area (Å²) in [5, 5.41) is 12.7. The van der Waals surface area contributed by atoms with Crippen LogP contribution in [0.3, 0.4) is 0 Å². The van der Waals surface area contributed by atoms with Gasteiger partial charge in [-0.1, -0.05) is 20.3 Å². The number of aromatic nitrogens is 2. The summed E-state index contributed by atoms with van der Waals surface area (Å²) < 4.78 is 0. The number of nitrogens with zero attached hydrogens (tertiary/aromatic N) is 2. The van der Waals surface area contributed by atoms with Gasteiger partial charge >= 0.3 is 5.97 Å². The predicted octanol–water partition coefficient (Wildman–Crippen LogP) is 3.29. The third-order valence-corrected chi connectivity index (χ3v) is 4.95. The van der Waals surface area contributed by atoms with E-state index in [1.807, 2.05) is 13.8 Å². The van der Waals surface area contributed by atoms with Crippen molar-refractivity contribution in [3.8, 4) is 0 Å². The summed E-state index contributed by atoms with van der Waals surface area (Å²) in [6.07, 6.45) is 7.88. The van der Waals surface area contributed by atoms with Gasteiger partial charge in [-0.05, 0) is 43.4 Å². The number of aromatic carboxylic acids is 1. The molecule has 0 radical (unpaired) electrons. The Morgan fingerprint density at radius 3 is 2.81 bits per heavy atom. The maximum Gasteiger partial charge on any atom is 0.339 e. The molecule has 0 unspecified atom stereocenters. The zero-order valence-corrected chi connectivity index (χ0v) is 12.7. The van der Waals surface area contributed by atoms with E-state index in [9.17, 15) is 9.90 Å². The predicted molar refractivity (Wildman–Crippen MR) is 80.6 cm³/mol. The van der Waals surface area contributed by atoms with E-state index in [0.717, 1.165) is 11.8 Å². The van der Waals surface area contributed by atoms with Crippen molar-refractivity contribution in [2.24, 2.45) is 11.8 Å². The minimum absolute atomic E-state index is 0.0712. The molecule has 0 saturated heterocycles. The quantitative estimate of drug-likeness (QED) is 0.889. The van der Waals surface area contributed by atoms with Crippen molar-refractivity contribution in [1.82, 2.24) is 9.97 Å². The van der Waals surface area contributed by atoms with E-state index < -0.39 is 5.97 Å². The third-order valence-electron chi connectivity index (χ3n) is 4.95. The Balaban J connectivity index is 1.79. The second-order valence-corrected chi connectivity index (χ2v) is 6.72. The van der Waals surface area contributed by atoms with Gasteiger partial charge in [0.15, 0.2) is 0 Å². The van der Waals surface area contributed by atoms with Crippen LogP contribution in [0.4, 0.5) is 5.95 Å². The number of nitrogens with one attached hydrogen (secondary N) is 1. The minimum atomic E-state index is -0.957. The zero-order valence-electron chi connectivity index (χ0n) is 12.7. The van der Waals surface area contributed by atoms with Crippen molar-refractivity contribution < 1.29 is 9.90 Å². The lowest BCUT2D eigenvalue weighted by molar-refractivity contribution is 0.0694. The zero-order chi connectivity index (χ0) is 15.0. The van der Waals surface area contributed by atoms with E-state index in [1.54, 1.807) is 0 Å². The fourth-order valence-corrected chi connectivity index (χ4v) is 3.82. The van der Waals surface area contributed by atoms with Gasteiger partial charge < -0.3 is 10.4 Å². The molecule has 1 aromatic heterocycles. The molecule has 2 aliphatic carbocycles. The van der Waals surface area contributed by atoms with Crippen LogP contribution in [0.15, 0.2) is 6.20 Å². The number of rotatable bonds is 4. The maximum absolute atomic E-state index is 11.2. The van der Waals surface area contributed by atoms with Crippen molar-refractivity contribution in [2.45, 2.75) is 57.9 Å². The summed E-state index contributed by atoms with van der Waals surface area (Å²) >= 11 is 0. The number of carboxylic acids is 1. The molecular formula is C16H23N3O2. The highest BCUT2D eigenvalue weighted by Gasteiger charge is 2.36.